The van der Waals surface area contributed by atoms with Crippen LogP contribution < -0.4 is 14.8 Å². The first kappa shape index (κ1) is 14.3. The Morgan fingerprint density at radius 1 is 0.957 bits per heavy atom. The van der Waals surface area contributed by atoms with Crippen LogP contribution in [0.5, 0.6) is 11.5 Å². The lowest BCUT2D eigenvalue weighted by atomic mass is 9.76. The third-order valence-corrected chi connectivity index (χ3v) is 5.01. The van der Waals surface area contributed by atoms with E-state index in [1.165, 1.54) is 27.8 Å². The number of nitrogens with one attached hydrogen (secondary N) is 1. The van der Waals surface area contributed by atoms with Gasteiger partial charge in [-0.2, -0.15) is 0 Å². The lowest BCUT2D eigenvalue weighted by molar-refractivity contribution is 0.351. The first-order chi connectivity index (χ1) is 11.3. The number of fused-ring (bicyclic) bond motifs is 2. The van der Waals surface area contributed by atoms with Crippen LogP contribution in [0.3, 0.4) is 0 Å². The average Bonchev–Trinajstić information content (AvgIpc) is 3.10. The van der Waals surface area contributed by atoms with Crippen molar-refractivity contribution in [2.75, 3.05) is 27.3 Å². The normalized spacial score (nSPS) is 19.3. The third-order valence-electron chi connectivity index (χ3n) is 5.01. The molecule has 2 aromatic rings. The molecule has 1 aliphatic heterocycles. The van der Waals surface area contributed by atoms with Crippen LogP contribution in [0.1, 0.15) is 22.6 Å². The van der Waals surface area contributed by atoms with Gasteiger partial charge in [-0.1, -0.05) is 36.4 Å². The summed E-state index contributed by atoms with van der Waals surface area (Å²) < 4.78 is 11.2. The summed E-state index contributed by atoms with van der Waals surface area (Å²) in [7, 11) is 3.43. The highest BCUT2D eigenvalue weighted by molar-refractivity contribution is 5.80. The maximum absolute atomic E-state index is 5.70. The Morgan fingerprint density at radius 3 is 2.52 bits per heavy atom. The zero-order chi connectivity index (χ0) is 15.8. The molecule has 0 radical (unpaired) electrons. The van der Waals surface area contributed by atoms with Crippen LogP contribution in [-0.4, -0.2) is 27.3 Å². The third kappa shape index (κ3) is 2.23. The molecule has 23 heavy (non-hydrogen) atoms. The Bertz CT molecular complexity index is 765. The van der Waals surface area contributed by atoms with Gasteiger partial charge < -0.3 is 14.8 Å². The minimum absolute atomic E-state index is 0.412. The zero-order valence-electron chi connectivity index (χ0n) is 13.6. The van der Waals surface area contributed by atoms with Gasteiger partial charge in [-0.15, -0.1) is 0 Å². The molecular weight excluding hydrogens is 286 g/mol. The molecular formula is C20H21NO2. The van der Waals surface area contributed by atoms with Crippen molar-refractivity contribution in [2.24, 2.45) is 0 Å². The van der Waals surface area contributed by atoms with E-state index in [2.05, 4.69) is 41.7 Å². The van der Waals surface area contributed by atoms with E-state index in [1.54, 1.807) is 14.2 Å². The summed E-state index contributed by atoms with van der Waals surface area (Å²) in [5.74, 6) is 2.10. The minimum atomic E-state index is 0.412. The quantitative estimate of drug-likeness (QED) is 0.943. The summed E-state index contributed by atoms with van der Waals surface area (Å²) in [6, 6.07) is 15.0. The van der Waals surface area contributed by atoms with Gasteiger partial charge in [0.25, 0.3) is 0 Å². The maximum atomic E-state index is 5.70. The predicted octanol–water partition coefficient (Wildman–Crippen LogP) is 3.40. The van der Waals surface area contributed by atoms with Gasteiger partial charge in [0.2, 0.25) is 0 Å². The molecule has 4 rings (SSSR count). The number of hydrogen-bond donors (Lipinski definition) is 1. The Kier molecular flexibility index (Phi) is 3.58. The Balaban J connectivity index is 1.89. The standard InChI is InChI=1S/C20H21NO2/c1-22-19-9-8-14-16(20(19)23-2)10-15(13-6-4-3-5-7-13)18-12-21-11-17(14)18/h3-9,15,21H,10-12H2,1-2H3. The van der Waals surface area contributed by atoms with E-state index < -0.39 is 0 Å². The highest BCUT2D eigenvalue weighted by atomic mass is 16.5. The van der Waals surface area contributed by atoms with E-state index in [1.807, 2.05) is 6.07 Å². The van der Waals surface area contributed by atoms with Gasteiger partial charge >= 0.3 is 0 Å². The molecule has 0 aromatic heterocycles. The monoisotopic (exact) mass is 307 g/mol. The number of hydrogen-bond acceptors (Lipinski definition) is 3. The minimum Gasteiger partial charge on any atom is -0.493 e. The van der Waals surface area contributed by atoms with Crippen molar-refractivity contribution in [3.05, 3.63) is 64.7 Å². The summed E-state index contributed by atoms with van der Waals surface area (Å²) >= 11 is 0. The van der Waals surface area contributed by atoms with Gasteiger partial charge in [-0.25, -0.2) is 0 Å². The van der Waals surface area contributed by atoms with Crippen molar-refractivity contribution in [3.63, 3.8) is 0 Å². The van der Waals surface area contributed by atoms with Crippen LogP contribution in [0.15, 0.2) is 48.0 Å². The van der Waals surface area contributed by atoms with Crippen LogP contribution in [-0.2, 0) is 6.42 Å². The Hall–Kier alpha value is -2.26. The molecule has 0 bridgehead atoms. The van der Waals surface area contributed by atoms with E-state index in [-0.39, 0.29) is 0 Å². The van der Waals surface area contributed by atoms with Crippen LogP contribution in [0.2, 0.25) is 0 Å². The van der Waals surface area contributed by atoms with Crippen molar-refractivity contribution >= 4 is 5.57 Å². The van der Waals surface area contributed by atoms with Crippen LogP contribution in [0.4, 0.5) is 0 Å². The first-order valence-corrected chi connectivity index (χ1v) is 8.05. The average molecular weight is 307 g/mol. The molecule has 1 N–H and O–H groups in total. The zero-order valence-corrected chi connectivity index (χ0v) is 13.6. The summed E-state index contributed by atoms with van der Waals surface area (Å²) in [6.07, 6.45) is 0.959. The fourth-order valence-electron chi connectivity index (χ4n) is 3.95. The van der Waals surface area contributed by atoms with Crippen molar-refractivity contribution in [2.45, 2.75) is 12.3 Å². The second-order valence-corrected chi connectivity index (χ2v) is 6.10. The molecule has 0 saturated heterocycles. The fourth-order valence-corrected chi connectivity index (χ4v) is 3.95. The SMILES string of the molecule is COc1ccc2c(c1OC)CC(c1ccccc1)C1=C2CNC1. The lowest BCUT2D eigenvalue weighted by Gasteiger charge is -2.29. The molecule has 1 heterocycles. The number of rotatable bonds is 3. The topological polar surface area (TPSA) is 30.5 Å². The van der Waals surface area contributed by atoms with Crippen LogP contribution in [0, 0.1) is 0 Å². The largest absolute Gasteiger partial charge is 0.493 e. The van der Waals surface area contributed by atoms with Crippen molar-refractivity contribution in [1.82, 2.24) is 5.32 Å². The van der Waals surface area contributed by atoms with E-state index in [0.717, 1.165) is 31.0 Å². The first-order valence-electron chi connectivity index (χ1n) is 8.05. The molecule has 0 amide bonds. The highest BCUT2D eigenvalue weighted by Crippen LogP contribution is 2.47. The van der Waals surface area contributed by atoms with Crippen molar-refractivity contribution in [3.8, 4) is 11.5 Å². The maximum Gasteiger partial charge on any atom is 0.164 e. The smallest absolute Gasteiger partial charge is 0.164 e. The fraction of sp³-hybridized carbons (Fsp3) is 0.300. The number of benzene rings is 2. The van der Waals surface area contributed by atoms with Crippen LogP contribution >= 0.6 is 0 Å². The molecule has 1 aliphatic carbocycles. The van der Waals surface area contributed by atoms with E-state index in [9.17, 15) is 0 Å². The molecule has 118 valence electrons. The van der Waals surface area contributed by atoms with E-state index >= 15 is 0 Å². The molecule has 2 aliphatic rings. The van der Waals surface area contributed by atoms with E-state index in [0.29, 0.717) is 5.92 Å². The summed E-state index contributed by atoms with van der Waals surface area (Å²) in [5.41, 5.74) is 6.91. The predicted molar refractivity (Wildman–Crippen MR) is 92.2 cm³/mol. The Morgan fingerprint density at radius 2 is 1.78 bits per heavy atom. The van der Waals surface area contributed by atoms with Gasteiger partial charge in [0.05, 0.1) is 14.2 Å². The summed E-state index contributed by atoms with van der Waals surface area (Å²) in [5, 5.41) is 3.52. The second kappa shape index (κ2) is 5.74. The molecule has 3 heteroatoms. The van der Waals surface area contributed by atoms with Gasteiger partial charge in [-0.05, 0) is 34.8 Å². The highest BCUT2D eigenvalue weighted by Gasteiger charge is 2.33. The second-order valence-electron chi connectivity index (χ2n) is 6.10. The molecule has 3 nitrogen and oxygen atoms in total. The van der Waals surface area contributed by atoms with Crippen molar-refractivity contribution < 1.29 is 9.47 Å². The molecule has 2 aromatic carbocycles. The van der Waals surface area contributed by atoms with Crippen molar-refractivity contribution in [1.29, 1.82) is 0 Å². The molecule has 1 unspecified atom stereocenters. The molecule has 0 fully saturated rings. The molecule has 0 spiro atoms. The number of ether oxygens (including phenoxy) is 2. The summed E-state index contributed by atoms with van der Waals surface area (Å²) in [4.78, 5) is 0. The lowest BCUT2D eigenvalue weighted by Crippen LogP contribution is -2.16. The van der Waals surface area contributed by atoms with Gasteiger partial charge in [0.1, 0.15) is 0 Å². The number of methoxy groups -OCH3 is 2. The van der Waals surface area contributed by atoms with Gasteiger partial charge in [0, 0.05) is 24.6 Å². The van der Waals surface area contributed by atoms with Gasteiger partial charge in [0.15, 0.2) is 11.5 Å². The molecule has 0 saturated carbocycles. The van der Waals surface area contributed by atoms with E-state index in [4.69, 9.17) is 9.47 Å². The van der Waals surface area contributed by atoms with Gasteiger partial charge in [-0.3, -0.25) is 0 Å². The molecule has 1 atom stereocenters. The summed E-state index contributed by atoms with van der Waals surface area (Å²) in [6.45, 7) is 1.91. The van der Waals surface area contributed by atoms with Crippen LogP contribution in [0.25, 0.3) is 5.57 Å². The Labute approximate surface area is 136 Å².